The fourth-order valence-electron chi connectivity index (χ4n) is 2.80. The van der Waals surface area contributed by atoms with Crippen LogP contribution in [-0.2, 0) is 11.2 Å². The number of oxime groups is 1. The predicted octanol–water partition coefficient (Wildman–Crippen LogP) is 4.62. The van der Waals surface area contributed by atoms with E-state index in [1.165, 1.54) is 16.7 Å². The van der Waals surface area contributed by atoms with Crippen molar-refractivity contribution < 1.29 is 15.1 Å². The maximum absolute atomic E-state index is 10.9. The van der Waals surface area contributed by atoms with Crippen molar-refractivity contribution in [1.29, 1.82) is 0 Å². The number of carbonyl (C=O) groups is 1. The van der Waals surface area contributed by atoms with Crippen LogP contribution in [0, 0.1) is 5.92 Å². The number of hydrogen-bond acceptors (Lipinski definition) is 3. The van der Waals surface area contributed by atoms with E-state index in [0.29, 0.717) is 12.1 Å². The van der Waals surface area contributed by atoms with Gasteiger partial charge in [-0.05, 0) is 42.9 Å². The molecule has 126 valence electrons. The summed E-state index contributed by atoms with van der Waals surface area (Å²) in [5.41, 5.74) is 4.09. The first-order chi connectivity index (χ1) is 11.6. The quantitative estimate of drug-likeness (QED) is 0.423. The SMILES string of the molecule is C/C(=N\O)C(CCCc1ccc(-c2ccccc2)cc1)CC(=O)O. The molecule has 0 aliphatic carbocycles. The molecule has 24 heavy (non-hydrogen) atoms. The molecule has 2 aromatic carbocycles. The summed E-state index contributed by atoms with van der Waals surface area (Å²) in [5, 5.41) is 21.0. The number of aryl methyl sites for hydroxylation is 1. The van der Waals surface area contributed by atoms with Crippen LogP contribution in [0.5, 0.6) is 0 Å². The lowest BCUT2D eigenvalue weighted by Gasteiger charge is -2.13. The lowest BCUT2D eigenvalue weighted by Crippen LogP contribution is -2.16. The number of aliphatic carboxylic acids is 1. The van der Waals surface area contributed by atoms with Crippen molar-refractivity contribution in [3.63, 3.8) is 0 Å². The Labute approximate surface area is 142 Å². The van der Waals surface area contributed by atoms with Gasteiger partial charge >= 0.3 is 5.97 Å². The Morgan fingerprint density at radius 3 is 2.25 bits per heavy atom. The number of benzene rings is 2. The van der Waals surface area contributed by atoms with E-state index in [4.69, 9.17) is 10.3 Å². The number of nitrogens with zero attached hydrogens (tertiary/aromatic N) is 1. The van der Waals surface area contributed by atoms with Gasteiger partial charge < -0.3 is 10.3 Å². The van der Waals surface area contributed by atoms with E-state index in [1.807, 2.05) is 18.2 Å². The van der Waals surface area contributed by atoms with Gasteiger partial charge in [-0.3, -0.25) is 4.79 Å². The first-order valence-electron chi connectivity index (χ1n) is 8.15. The number of carboxylic acids is 1. The molecular weight excluding hydrogens is 302 g/mol. The molecule has 4 nitrogen and oxygen atoms in total. The molecule has 0 saturated heterocycles. The molecule has 0 saturated carbocycles. The fourth-order valence-corrected chi connectivity index (χ4v) is 2.80. The highest BCUT2D eigenvalue weighted by atomic mass is 16.4. The zero-order chi connectivity index (χ0) is 17.4. The van der Waals surface area contributed by atoms with Crippen molar-refractivity contribution in [2.75, 3.05) is 0 Å². The molecule has 0 amide bonds. The summed E-state index contributed by atoms with van der Waals surface area (Å²) in [5.74, 6) is -1.08. The zero-order valence-electron chi connectivity index (χ0n) is 13.9. The van der Waals surface area contributed by atoms with Gasteiger partial charge in [-0.15, -0.1) is 0 Å². The third-order valence-corrected chi connectivity index (χ3v) is 4.25. The molecule has 0 spiro atoms. The largest absolute Gasteiger partial charge is 0.481 e. The summed E-state index contributed by atoms with van der Waals surface area (Å²) in [4.78, 5) is 10.9. The van der Waals surface area contributed by atoms with Crippen LogP contribution in [0.15, 0.2) is 59.8 Å². The minimum absolute atomic E-state index is 0.00282. The van der Waals surface area contributed by atoms with E-state index in [2.05, 4.69) is 41.6 Å². The highest BCUT2D eigenvalue weighted by Crippen LogP contribution is 2.21. The second kappa shape index (κ2) is 8.87. The standard InChI is InChI=1S/C20H23NO3/c1-15(21-24)19(14-20(22)23)9-5-6-16-10-12-18(13-11-16)17-7-3-2-4-8-17/h2-4,7-8,10-13,19,24H,5-6,9,14H2,1H3,(H,22,23)/b21-15+. The Kier molecular flexibility index (Phi) is 6.55. The van der Waals surface area contributed by atoms with Crippen molar-refractivity contribution in [1.82, 2.24) is 0 Å². The summed E-state index contributed by atoms with van der Waals surface area (Å²) >= 11 is 0. The lowest BCUT2D eigenvalue weighted by molar-refractivity contribution is -0.137. The van der Waals surface area contributed by atoms with Gasteiger partial charge in [0.2, 0.25) is 0 Å². The van der Waals surface area contributed by atoms with Gasteiger partial charge in [-0.25, -0.2) is 0 Å². The van der Waals surface area contributed by atoms with Gasteiger partial charge in [0.15, 0.2) is 0 Å². The summed E-state index contributed by atoms with van der Waals surface area (Å²) in [7, 11) is 0. The minimum atomic E-state index is -0.866. The first kappa shape index (κ1) is 17.7. The molecule has 1 unspecified atom stereocenters. The van der Waals surface area contributed by atoms with E-state index in [-0.39, 0.29) is 12.3 Å². The van der Waals surface area contributed by atoms with Crippen LogP contribution >= 0.6 is 0 Å². The van der Waals surface area contributed by atoms with Gasteiger partial charge in [-0.1, -0.05) is 59.8 Å². The number of hydrogen-bond donors (Lipinski definition) is 2. The van der Waals surface area contributed by atoms with Crippen molar-refractivity contribution in [3.05, 3.63) is 60.2 Å². The summed E-state index contributed by atoms with van der Waals surface area (Å²) < 4.78 is 0. The third kappa shape index (κ3) is 5.23. The number of rotatable bonds is 8. The predicted molar refractivity (Wildman–Crippen MR) is 95.5 cm³/mol. The number of carboxylic acid groups (broad SMARTS) is 1. The Morgan fingerprint density at radius 1 is 1.04 bits per heavy atom. The lowest BCUT2D eigenvalue weighted by atomic mass is 9.92. The Balaban J connectivity index is 1.91. The topological polar surface area (TPSA) is 69.9 Å². The van der Waals surface area contributed by atoms with Crippen LogP contribution in [0.25, 0.3) is 11.1 Å². The van der Waals surface area contributed by atoms with Crippen LogP contribution in [0.2, 0.25) is 0 Å². The van der Waals surface area contributed by atoms with Crippen LogP contribution < -0.4 is 0 Å². The molecule has 0 fully saturated rings. The van der Waals surface area contributed by atoms with E-state index in [9.17, 15) is 4.79 Å². The first-order valence-corrected chi connectivity index (χ1v) is 8.15. The van der Waals surface area contributed by atoms with Crippen molar-refractivity contribution in [2.45, 2.75) is 32.6 Å². The molecule has 0 aliphatic heterocycles. The summed E-state index contributed by atoms with van der Waals surface area (Å²) in [6, 6.07) is 18.7. The Bertz CT molecular complexity index is 678. The average molecular weight is 325 g/mol. The summed E-state index contributed by atoms with van der Waals surface area (Å²) in [6.45, 7) is 1.67. The molecule has 1 atom stereocenters. The monoisotopic (exact) mass is 325 g/mol. The van der Waals surface area contributed by atoms with Crippen LogP contribution in [0.1, 0.15) is 31.7 Å². The normalized spacial score (nSPS) is 12.8. The molecule has 4 heteroatoms. The summed E-state index contributed by atoms with van der Waals surface area (Å²) in [6.07, 6.45) is 2.44. The van der Waals surface area contributed by atoms with Crippen LogP contribution in [-0.4, -0.2) is 22.0 Å². The van der Waals surface area contributed by atoms with Crippen LogP contribution in [0.3, 0.4) is 0 Å². The molecule has 2 aromatic rings. The van der Waals surface area contributed by atoms with Gasteiger partial charge in [0.25, 0.3) is 0 Å². The molecule has 0 radical (unpaired) electrons. The van der Waals surface area contributed by atoms with Gasteiger partial charge in [-0.2, -0.15) is 0 Å². The molecule has 0 heterocycles. The molecule has 0 aliphatic rings. The second-order valence-electron chi connectivity index (χ2n) is 5.99. The second-order valence-corrected chi connectivity index (χ2v) is 5.99. The highest BCUT2D eigenvalue weighted by Gasteiger charge is 2.16. The maximum atomic E-state index is 10.9. The van der Waals surface area contributed by atoms with Crippen molar-refractivity contribution >= 4 is 11.7 Å². The Hall–Kier alpha value is -2.62. The van der Waals surface area contributed by atoms with E-state index in [1.54, 1.807) is 6.92 Å². The van der Waals surface area contributed by atoms with Crippen molar-refractivity contribution in [3.8, 4) is 11.1 Å². The third-order valence-electron chi connectivity index (χ3n) is 4.25. The van der Waals surface area contributed by atoms with E-state index < -0.39 is 5.97 Å². The maximum Gasteiger partial charge on any atom is 0.304 e. The van der Waals surface area contributed by atoms with Crippen LogP contribution in [0.4, 0.5) is 0 Å². The van der Waals surface area contributed by atoms with E-state index in [0.717, 1.165) is 12.8 Å². The fraction of sp³-hybridized carbons (Fsp3) is 0.300. The van der Waals surface area contributed by atoms with Gasteiger partial charge in [0.05, 0.1) is 12.1 Å². The van der Waals surface area contributed by atoms with E-state index >= 15 is 0 Å². The molecule has 0 aromatic heterocycles. The molecule has 2 rings (SSSR count). The average Bonchev–Trinajstić information content (AvgIpc) is 2.61. The minimum Gasteiger partial charge on any atom is -0.481 e. The van der Waals surface area contributed by atoms with Gasteiger partial charge in [0.1, 0.15) is 0 Å². The smallest absolute Gasteiger partial charge is 0.304 e. The molecular formula is C20H23NO3. The van der Waals surface area contributed by atoms with Crippen molar-refractivity contribution in [2.24, 2.45) is 11.1 Å². The zero-order valence-corrected chi connectivity index (χ0v) is 13.9. The highest BCUT2D eigenvalue weighted by molar-refractivity contribution is 5.87. The Morgan fingerprint density at radius 2 is 1.67 bits per heavy atom. The molecule has 2 N–H and O–H groups in total. The van der Waals surface area contributed by atoms with Gasteiger partial charge in [0, 0.05) is 5.92 Å². The molecule has 0 bridgehead atoms.